The molecule has 0 aromatic heterocycles. The second-order valence-corrected chi connectivity index (χ2v) is 7.41. The highest BCUT2D eigenvalue weighted by Crippen LogP contribution is 2.38. The Morgan fingerprint density at radius 1 is 1.14 bits per heavy atom. The van der Waals surface area contributed by atoms with E-state index in [1.165, 1.54) is 0 Å². The van der Waals surface area contributed by atoms with Crippen molar-refractivity contribution in [2.45, 2.75) is 26.2 Å². The summed E-state index contributed by atoms with van der Waals surface area (Å²) in [7, 11) is 0. The average molecular weight is 230 g/mol. The van der Waals surface area contributed by atoms with Crippen LogP contribution in [0.25, 0.3) is 0 Å². The molecule has 1 rings (SSSR count). The van der Waals surface area contributed by atoms with Gasteiger partial charge in [0.25, 0.3) is 0 Å². The first-order chi connectivity index (χ1) is 6.23. The monoisotopic (exact) mass is 230 g/mol. The molecule has 1 aromatic rings. The summed E-state index contributed by atoms with van der Waals surface area (Å²) in [6.45, 7) is 2.76. The Balaban J connectivity index is 3.39. The van der Waals surface area contributed by atoms with Crippen LogP contribution in [0.15, 0.2) is 24.3 Å². The van der Waals surface area contributed by atoms with Gasteiger partial charge in [0.1, 0.15) is 0 Å². The van der Waals surface area contributed by atoms with E-state index in [1.54, 1.807) is 12.1 Å². The molecule has 14 heavy (non-hydrogen) atoms. The molecule has 1 aromatic carbocycles. The van der Waals surface area contributed by atoms with E-state index in [-0.39, 0.29) is 5.41 Å². The molecule has 0 saturated carbocycles. The van der Waals surface area contributed by atoms with E-state index in [0.717, 1.165) is 5.56 Å². The highest BCUT2D eigenvalue weighted by atomic mass is 32.5. The van der Waals surface area contributed by atoms with Gasteiger partial charge in [0.2, 0.25) is 6.49 Å². The zero-order chi connectivity index (χ0) is 11.0. The summed E-state index contributed by atoms with van der Waals surface area (Å²) in [4.78, 5) is 19.0. The standard InChI is InChI=1S/C10H15O2PS/c1-10(2,3)8-6-4-5-7-9(8)13(11,12)14/h4-7H,1-3H3,(H2,11,12,14). The van der Waals surface area contributed by atoms with Gasteiger partial charge >= 0.3 is 0 Å². The Labute approximate surface area is 89.8 Å². The maximum atomic E-state index is 9.51. The smallest absolute Gasteiger partial charge is 0.214 e. The van der Waals surface area contributed by atoms with Crippen LogP contribution in [0.2, 0.25) is 0 Å². The van der Waals surface area contributed by atoms with Crippen molar-refractivity contribution in [3.63, 3.8) is 0 Å². The van der Waals surface area contributed by atoms with E-state index in [9.17, 15) is 9.79 Å². The third kappa shape index (κ3) is 2.64. The third-order valence-electron chi connectivity index (χ3n) is 2.03. The minimum Gasteiger partial charge on any atom is -0.342 e. The first-order valence-electron chi connectivity index (χ1n) is 4.38. The molecule has 2 N–H and O–H groups in total. The first-order valence-corrected chi connectivity index (χ1v) is 7.09. The Bertz CT molecular complexity index is 376. The lowest BCUT2D eigenvalue weighted by atomic mass is 9.87. The minimum absolute atomic E-state index is 0.119. The summed E-state index contributed by atoms with van der Waals surface area (Å²) >= 11 is 4.73. The van der Waals surface area contributed by atoms with E-state index in [4.69, 9.17) is 11.8 Å². The molecule has 0 aliphatic heterocycles. The predicted octanol–water partition coefficient (Wildman–Crippen LogP) is 1.90. The number of benzene rings is 1. The molecule has 0 heterocycles. The van der Waals surface area contributed by atoms with Gasteiger partial charge in [-0.25, -0.2) is 0 Å². The zero-order valence-electron chi connectivity index (χ0n) is 8.56. The fraction of sp³-hybridized carbons (Fsp3) is 0.400. The SMILES string of the molecule is CC(C)(C)c1ccccc1P(O)(O)=S. The van der Waals surface area contributed by atoms with Crippen molar-refractivity contribution in [3.05, 3.63) is 29.8 Å². The van der Waals surface area contributed by atoms with E-state index in [0.29, 0.717) is 5.30 Å². The Hall–Kier alpha value is -0.210. The van der Waals surface area contributed by atoms with Gasteiger partial charge in [-0.15, -0.1) is 0 Å². The van der Waals surface area contributed by atoms with Gasteiger partial charge in [0.15, 0.2) is 0 Å². The quantitative estimate of drug-likeness (QED) is 0.724. The summed E-state index contributed by atoms with van der Waals surface area (Å²) in [6, 6.07) is 7.25. The van der Waals surface area contributed by atoms with Crippen molar-refractivity contribution in [2.24, 2.45) is 0 Å². The third-order valence-corrected chi connectivity index (χ3v) is 3.63. The van der Waals surface area contributed by atoms with Crippen LogP contribution in [0.1, 0.15) is 26.3 Å². The normalized spacial score (nSPS) is 12.9. The van der Waals surface area contributed by atoms with Crippen LogP contribution in [0.4, 0.5) is 0 Å². The summed E-state index contributed by atoms with van der Waals surface area (Å²) < 4.78 is 0. The van der Waals surface area contributed by atoms with Gasteiger partial charge in [-0.1, -0.05) is 39.0 Å². The van der Waals surface area contributed by atoms with Crippen LogP contribution in [0, 0.1) is 0 Å². The van der Waals surface area contributed by atoms with Crippen molar-refractivity contribution < 1.29 is 9.79 Å². The second-order valence-electron chi connectivity index (χ2n) is 4.31. The largest absolute Gasteiger partial charge is 0.342 e. The van der Waals surface area contributed by atoms with Gasteiger partial charge in [0, 0.05) is 5.30 Å². The highest BCUT2D eigenvalue weighted by Gasteiger charge is 2.23. The van der Waals surface area contributed by atoms with Crippen molar-refractivity contribution in [1.29, 1.82) is 0 Å². The first kappa shape index (κ1) is 11.9. The molecule has 0 bridgehead atoms. The van der Waals surface area contributed by atoms with Crippen molar-refractivity contribution in [3.8, 4) is 0 Å². The molecule has 0 unspecified atom stereocenters. The summed E-state index contributed by atoms with van der Waals surface area (Å²) in [5.74, 6) is 0. The van der Waals surface area contributed by atoms with Gasteiger partial charge < -0.3 is 9.79 Å². The lowest BCUT2D eigenvalue weighted by Gasteiger charge is -2.24. The topological polar surface area (TPSA) is 40.5 Å². The minimum atomic E-state index is -3.32. The van der Waals surface area contributed by atoms with E-state index in [1.807, 2.05) is 32.9 Å². The summed E-state index contributed by atoms with van der Waals surface area (Å²) in [6.07, 6.45) is 0. The van der Waals surface area contributed by atoms with Crippen LogP contribution in [-0.2, 0) is 17.2 Å². The Kier molecular flexibility index (Phi) is 3.17. The van der Waals surface area contributed by atoms with Gasteiger partial charge in [0.05, 0.1) is 0 Å². The summed E-state index contributed by atoms with van der Waals surface area (Å²) in [5.41, 5.74) is 0.792. The Morgan fingerprint density at radius 2 is 1.64 bits per heavy atom. The fourth-order valence-electron chi connectivity index (χ4n) is 1.36. The molecular weight excluding hydrogens is 215 g/mol. The number of hydrogen-bond acceptors (Lipinski definition) is 1. The molecule has 0 amide bonds. The Morgan fingerprint density at radius 3 is 2.00 bits per heavy atom. The molecule has 0 spiro atoms. The highest BCUT2D eigenvalue weighted by molar-refractivity contribution is 8.12. The van der Waals surface area contributed by atoms with Crippen LogP contribution >= 0.6 is 6.49 Å². The van der Waals surface area contributed by atoms with Crippen molar-refractivity contribution in [2.75, 3.05) is 0 Å². The van der Waals surface area contributed by atoms with E-state index in [2.05, 4.69) is 0 Å². The van der Waals surface area contributed by atoms with Gasteiger partial charge in [-0.3, -0.25) is 0 Å². The maximum Gasteiger partial charge on any atom is 0.214 e. The summed E-state index contributed by atoms with van der Waals surface area (Å²) in [5, 5.41) is 0.502. The molecule has 78 valence electrons. The average Bonchev–Trinajstić information content (AvgIpc) is 2.01. The van der Waals surface area contributed by atoms with Crippen LogP contribution < -0.4 is 5.30 Å². The molecule has 0 aliphatic rings. The van der Waals surface area contributed by atoms with Crippen LogP contribution in [0.3, 0.4) is 0 Å². The fourth-order valence-corrected chi connectivity index (χ4v) is 2.84. The lowest BCUT2D eigenvalue weighted by Crippen LogP contribution is -2.22. The zero-order valence-corrected chi connectivity index (χ0v) is 10.3. The molecule has 0 saturated heterocycles. The van der Waals surface area contributed by atoms with Crippen molar-refractivity contribution in [1.82, 2.24) is 0 Å². The molecular formula is C10H15O2PS. The molecule has 0 fully saturated rings. The lowest BCUT2D eigenvalue weighted by molar-refractivity contribution is 0.491. The van der Waals surface area contributed by atoms with E-state index >= 15 is 0 Å². The van der Waals surface area contributed by atoms with Crippen LogP contribution in [-0.4, -0.2) is 9.79 Å². The molecule has 0 aliphatic carbocycles. The number of rotatable bonds is 1. The molecule has 0 atom stereocenters. The van der Waals surface area contributed by atoms with Gasteiger partial charge in [-0.2, -0.15) is 0 Å². The number of hydrogen-bond donors (Lipinski definition) is 2. The van der Waals surface area contributed by atoms with Crippen LogP contribution in [0.5, 0.6) is 0 Å². The molecule has 4 heteroatoms. The predicted molar refractivity (Wildman–Crippen MR) is 63.5 cm³/mol. The molecule has 0 radical (unpaired) electrons. The van der Waals surface area contributed by atoms with E-state index < -0.39 is 6.49 Å². The molecule has 2 nitrogen and oxygen atoms in total. The van der Waals surface area contributed by atoms with Gasteiger partial charge in [-0.05, 0) is 28.9 Å². The van der Waals surface area contributed by atoms with Crippen molar-refractivity contribution >= 4 is 23.6 Å². The maximum absolute atomic E-state index is 9.51. The second kappa shape index (κ2) is 3.74.